The molecule has 3 radical (unpaired) electrons. The van der Waals surface area contributed by atoms with Crippen LogP contribution in [0, 0.1) is 0 Å². The topological polar surface area (TPSA) is 18.5 Å². The Morgan fingerprint density at radius 1 is 1.20 bits per heavy atom. The third kappa shape index (κ3) is 0.963. The molecule has 2 rings (SSSR count). The van der Waals surface area contributed by atoms with Crippen molar-refractivity contribution in [1.29, 1.82) is 0 Å². The Balaban J connectivity index is 2.52. The average Bonchev–Trinajstić information content (AvgIpc) is 2.33. The molecule has 2 nitrogen and oxygen atoms in total. The van der Waals surface area contributed by atoms with Crippen LogP contribution in [0.4, 0.5) is 0 Å². The van der Waals surface area contributed by atoms with Crippen LogP contribution in [0.15, 0.2) is 18.2 Å². The summed E-state index contributed by atoms with van der Waals surface area (Å²) in [4.78, 5) is 0. The molecule has 1 aromatic rings. The van der Waals surface area contributed by atoms with Crippen LogP contribution in [-0.2, 0) is 0 Å². The first kappa shape index (κ1) is 6.34. The Kier molecular flexibility index (Phi) is 1.48. The molecule has 0 aromatic heterocycles. The predicted molar refractivity (Wildman–Crippen MR) is 38.0 cm³/mol. The summed E-state index contributed by atoms with van der Waals surface area (Å²) in [5.74, 6) is 1.75. The fourth-order valence-corrected chi connectivity index (χ4v) is 1.51. The maximum absolute atomic E-state index is 5.17. The van der Waals surface area contributed by atoms with Crippen LogP contribution in [-0.4, -0.2) is 29.3 Å². The number of rotatable bonds is 0. The average molecular weight is 240 g/mol. The van der Waals surface area contributed by atoms with E-state index in [-0.39, 0.29) is 0 Å². The minimum atomic E-state index is 0.370. The molecule has 0 saturated carbocycles. The molecule has 10 heavy (non-hydrogen) atoms. The van der Waals surface area contributed by atoms with E-state index in [0.29, 0.717) is 6.79 Å². The van der Waals surface area contributed by atoms with Gasteiger partial charge in [-0.15, -0.1) is 0 Å². The second-order valence-corrected chi connectivity index (χ2v) is 3.72. The van der Waals surface area contributed by atoms with Gasteiger partial charge in [0.25, 0.3) is 0 Å². The van der Waals surface area contributed by atoms with E-state index in [4.69, 9.17) is 9.47 Å². The molecule has 0 amide bonds. The molecular weight excluding hydrogens is 235 g/mol. The molecule has 0 unspecified atom stereocenters. The molecule has 1 heterocycles. The van der Waals surface area contributed by atoms with Crippen LogP contribution in [0.1, 0.15) is 0 Å². The number of hydrogen-bond acceptors (Lipinski definition) is 2. The minimum absolute atomic E-state index is 0.370. The summed E-state index contributed by atoms with van der Waals surface area (Å²) in [6.45, 7) is 0.370. The summed E-state index contributed by atoms with van der Waals surface area (Å²) in [6.07, 6.45) is 0. The second kappa shape index (κ2) is 2.34. The van der Waals surface area contributed by atoms with Gasteiger partial charge in [0.15, 0.2) is 0 Å². The zero-order valence-corrected chi connectivity index (χ0v) is 8.11. The van der Waals surface area contributed by atoms with E-state index in [1.165, 1.54) is 26.1 Å². The van der Waals surface area contributed by atoms with Gasteiger partial charge in [-0.05, 0) is 0 Å². The predicted octanol–water partition coefficient (Wildman–Crippen LogP) is 0.209. The monoisotopic (exact) mass is 241 g/mol. The number of fused-ring (bicyclic) bond motifs is 1. The molecular formula is C7H5O2Sn. The Morgan fingerprint density at radius 3 is 2.90 bits per heavy atom. The van der Waals surface area contributed by atoms with Crippen molar-refractivity contribution in [2.75, 3.05) is 6.79 Å². The van der Waals surface area contributed by atoms with Crippen LogP contribution in [0.5, 0.6) is 11.5 Å². The third-order valence-electron chi connectivity index (χ3n) is 1.37. The fraction of sp³-hybridized carbons (Fsp3) is 0.143. The van der Waals surface area contributed by atoms with Crippen LogP contribution >= 0.6 is 0 Å². The molecule has 0 N–H and O–H groups in total. The SMILES string of the molecule is [Sn][c]1ccc2c(c1)OCO2. The molecule has 0 fully saturated rings. The van der Waals surface area contributed by atoms with Gasteiger partial charge in [0.1, 0.15) is 0 Å². The zero-order valence-electron chi connectivity index (χ0n) is 5.26. The van der Waals surface area contributed by atoms with Crippen LogP contribution in [0.25, 0.3) is 0 Å². The Labute approximate surface area is 72.2 Å². The van der Waals surface area contributed by atoms with Gasteiger partial charge in [-0.25, -0.2) is 0 Å². The molecule has 0 bridgehead atoms. The maximum atomic E-state index is 5.17. The molecule has 0 saturated heterocycles. The van der Waals surface area contributed by atoms with Crippen molar-refractivity contribution in [2.45, 2.75) is 0 Å². The summed E-state index contributed by atoms with van der Waals surface area (Å²) >= 11 is 1.41. The van der Waals surface area contributed by atoms with Crippen molar-refractivity contribution in [1.82, 2.24) is 0 Å². The molecule has 0 atom stereocenters. The van der Waals surface area contributed by atoms with Gasteiger partial charge >= 0.3 is 72.1 Å². The van der Waals surface area contributed by atoms with E-state index < -0.39 is 0 Å². The normalized spacial score (nSPS) is 13.7. The quantitative estimate of drug-likeness (QED) is 0.603. The van der Waals surface area contributed by atoms with Gasteiger partial charge in [0, 0.05) is 0 Å². The summed E-state index contributed by atoms with van der Waals surface area (Å²) in [7, 11) is 0. The third-order valence-corrected chi connectivity index (χ3v) is 2.26. The Morgan fingerprint density at radius 2 is 2.00 bits per heavy atom. The zero-order chi connectivity index (χ0) is 6.97. The summed E-state index contributed by atoms with van der Waals surface area (Å²) in [6, 6.07) is 6.01. The molecule has 0 spiro atoms. The van der Waals surface area contributed by atoms with Crippen LogP contribution < -0.4 is 13.1 Å². The van der Waals surface area contributed by atoms with E-state index in [0.717, 1.165) is 11.5 Å². The summed E-state index contributed by atoms with van der Waals surface area (Å²) < 4.78 is 11.6. The first-order valence-electron chi connectivity index (χ1n) is 2.97. The summed E-state index contributed by atoms with van der Waals surface area (Å²) in [5.41, 5.74) is 0. The van der Waals surface area contributed by atoms with Gasteiger partial charge in [-0.1, -0.05) is 0 Å². The van der Waals surface area contributed by atoms with Gasteiger partial charge in [-0.3, -0.25) is 0 Å². The molecule has 1 aliphatic rings. The van der Waals surface area contributed by atoms with Crippen molar-refractivity contribution in [3.05, 3.63) is 18.2 Å². The second-order valence-electron chi connectivity index (χ2n) is 2.07. The van der Waals surface area contributed by atoms with Gasteiger partial charge < -0.3 is 0 Å². The van der Waals surface area contributed by atoms with E-state index in [9.17, 15) is 0 Å². The van der Waals surface area contributed by atoms with Crippen molar-refractivity contribution < 1.29 is 9.47 Å². The van der Waals surface area contributed by atoms with Crippen molar-refractivity contribution in [3.8, 4) is 11.5 Å². The molecule has 1 aromatic carbocycles. The molecule has 49 valence electrons. The van der Waals surface area contributed by atoms with E-state index in [1.807, 2.05) is 18.2 Å². The van der Waals surface area contributed by atoms with Gasteiger partial charge in [0.2, 0.25) is 0 Å². The first-order valence-corrected chi connectivity index (χ1v) is 4.40. The Bertz CT molecular complexity index is 260. The van der Waals surface area contributed by atoms with Crippen molar-refractivity contribution in [2.24, 2.45) is 0 Å². The fourth-order valence-electron chi connectivity index (χ4n) is 0.897. The molecule has 1 aliphatic heterocycles. The van der Waals surface area contributed by atoms with Crippen LogP contribution in [0.3, 0.4) is 0 Å². The van der Waals surface area contributed by atoms with Gasteiger partial charge in [0.05, 0.1) is 0 Å². The van der Waals surface area contributed by atoms with Crippen molar-refractivity contribution in [3.63, 3.8) is 0 Å². The Hall–Kier alpha value is -0.381. The van der Waals surface area contributed by atoms with E-state index in [1.54, 1.807) is 0 Å². The van der Waals surface area contributed by atoms with Crippen molar-refractivity contribution >= 4 is 26.1 Å². The number of ether oxygens (including phenoxy) is 2. The first-order chi connectivity index (χ1) is 4.86. The number of benzene rings is 1. The summed E-state index contributed by atoms with van der Waals surface area (Å²) in [5, 5.41) is 0. The standard InChI is InChI=1S/C7H5O2.Sn/c1-2-4-7-6(3-1)8-5-9-7;/h1,3-4H,5H2;. The van der Waals surface area contributed by atoms with E-state index in [2.05, 4.69) is 0 Å². The molecule has 3 heteroatoms. The number of hydrogen-bond donors (Lipinski definition) is 0. The van der Waals surface area contributed by atoms with E-state index >= 15 is 0 Å². The van der Waals surface area contributed by atoms with Crippen LogP contribution in [0.2, 0.25) is 0 Å². The van der Waals surface area contributed by atoms with Gasteiger partial charge in [-0.2, -0.15) is 0 Å². The molecule has 0 aliphatic carbocycles.